The molecular formula is C15H13FN4S2. The van der Waals surface area contributed by atoms with Crippen LogP contribution in [0, 0.1) is 12.7 Å². The van der Waals surface area contributed by atoms with Crippen molar-refractivity contribution >= 4 is 35.3 Å². The first-order valence-corrected chi connectivity index (χ1v) is 8.45. The largest absolute Gasteiger partial charge is 0.259 e. The monoisotopic (exact) mass is 332 g/mol. The Kier molecular flexibility index (Phi) is 4.65. The van der Waals surface area contributed by atoms with Gasteiger partial charge in [0.2, 0.25) is 5.16 Å². The number of hydrogen-bond acceptors (Lipinski definition) is 5. The topological polar surface area (TPSA) is 54.5 Å². The lowest BCUT2D eigenvalue weighted by Gasteiger charge is -1.92. The average Bonchev–Trinajstić information content (AvgIpc) is 3.13. The van der Waals surface area contributed by atoms with Crippen LogP contribution in [0.5, 0.6) is 0 Å². The Morgan fingerprint density at radius 1 is 1.23 bits per heavy atom. The highest BCUT2D eigenvalue weighted by molar-refractivity contribution is 7.98. The zero-order chi connectivity index (χ0) is 15.4. The molecule has 0 aliphatic heterocycles. The van der Waals surface area contributed by atoms with Crippen molar-refractivity contribution in [3.8, 4) is 0 Å². The summed E-state index contributed by atoms with van der Waals surface area (Å²) >= 11 is 3.18. The summed E-state index contributed by atoms with van der Waals surface area (Å²) in [5.41, 5.74) is 1.95. The van der Waals surface area contributed by atoms with E-state index >= 15 is 0 Å². The van der Waals surface area contributed by atoms with Crippen LogP contribution in [0.3, 0.4) is 0 Å². The van der Waals surface area contributed by atoms with Crippen molar-refractivity contribution in [3.63, 3.8) is 0 Å². The van der Waals surface area contributed by atoms with Crippen molar-refractivity contribution in [2.45, 2.75) is 17.8 Å². The SMILES string of the molecule is Cc1nc(CSc2n[nH]c(C=Cc3ccc(F)cc3)n2)cs1. The molecule has 0 radical (unpaired) electrons. The lowest BCUT2D eigenvalue weighted by Crippen LogP contribution is -1.82. The normalized spacial score (nSPS) is 11.4. The molecule has 0 saturated carbocycles. The van der Waals surface area contributed by atoms with Gasteiger partial charge in [0, 0.05) is 11.1 Å². The Morgan fingerprint density at radius 3 is 2.77 bits per heavy atom. The van der Waals surface area contributed by atoms with Crippen molar-refractivity contribution in [2.75, 3.05) is 0 Å². The highest BCUT2D eigenvalue weighted by Gasteiger charge is 2.04. The molecule has 3 rings (SSSR count). The van der Waals surface area contributed by atoms with Crippen molar-refractivity contribution in [1.82, 2.24) is 20.2 Å². The van der Waals surface area contributed by atoms with Crippen LogP contribution in [0.4, 0.5) is 4.39 Å². The minimum absolute atomic E-state index is 0.243. The molecule has 22 heavy (non-hydrogen) atoms. The molecule has 2 aromatic heterocycles. The molecule has 0 unspecified atom stereocenters. The number of thioether (sulfide) groups is 1. The molecule has 2 heterocycles. The summed E-state index contributed by atoms with van der Waals surface area (Å²) in [5.74, 6) is 1.18. The zero-order valence-corrected chi connectivity index (χ0v) is 13.4. The van der Waals surface area contributed by atoms with Crippen molar-refractivity contribution in [2.24, 2.45) is 0 Å². The Bertz CT molecular complexity index is 777. The molecule has 0 aliphatic rings. The van der Waals surface area contributed by atoms with Crippen molar-refractivity contribution in [1.29, 1.82) is 0 Å². The average molecular weight is 332 g/mol. The van der Waals surface area contributed by atoms with Crippen LogP contribution in [-0.2, 0) is 5.75 Å². The van der Waals surface area contributed by atoms with Gasteiger partial charge in [-0.2, -0.15) is 0 Å². The van der Waals surface area contributed by atoms with Gasteiger partial charge in [-0.3, -0.25) is 5.10 Å². The van der Waals surface area contributed by atoms with E-state index in [-0.39, 0.29) is 5.82 Å². The van der Waals surface area contributed by atoms with Gasteiger partial charge in [0.05, 0.1) is 10.7 Å². The number of nitrogens with zero attached hydrogens (tertiary/aromatic N) is 3. The highest BCUT2D eigenvalue weighted by Crippen LogP contribution is 2.20. The number of aryl methyl sites for hydroxylation is 1. The summed E-state index contributed by atoms with van der Waals surface area (Å²) in [6.45, 7) is 1.99. The van der Waals surface area contributed by atoms with Crippen LogP contribution in [0.25, 0.3) is 12.2 Å². The van der Waals surface area contributed by atoms with Crippen LogP contribution in [0.1, 0.15) is 22.1 Å². The molecule has 0 atom stereocenters. The zero-order valence-electron chi connectivity index (χ0n) is 11.8. The van der Waals surface area contributed by atoms with Gasteiger partial charge < -0.3 is 0 Å². The lowest BCUT2D eigenvalue weighted by atomic mass is 10.2. The van der Waals surface area contributed by atoms with Gasteiger partial charge in [-0.25, -0.2) is 14.4 Å². The second-order valence-electron chi connectivity index (χ2n) is 4.53. The van der Waals surface area contributed by atoms with Gasteiger partial charge in [0.15, 0.2) is 0 Å². The fourth-order valence-electron chi connectivity index (χ4n) is 1.76. The summed E-state index contributed by atoms with van der Waals surface area (Å²) in [7, 11) is 0. The van der Waals surface area contributed by atoms with E-state index in [1.54, 1.807) is 23.5 Å². The number of nitrogens with one attached hydrogen (secondary N) is 1. The van der Waals surface area contributed by atoms with Crippen molar-refractivity contribution < 1.29 is 4.39 Å². The number of H-pyrrole nitrogens is 1. The molecule has 0 saturated heterocycles. The predicted octanol–water partition coefficient (Wildman–Crippen LogP) is 4.17. The third kappa shape index (κ3) is 4.02. The fraction of sp³-hybridized carbons (Fsp3) is 0.133. The van der Waals surface area contributed by atoms with Gasteiger partial charge in [0.1, 0.15) is 11.6 Å². The number of aromatic nitrogens is 4. The van der Waals surface area contributed by atoms with Crippen LogP contribution in [0.2, 0.25) is 0 Å². The lowest BCUT2D eigenvalue weighted by molar-refractivity contribution is 0.628. The van der Waals surface area contributed by atoms with E-state index in [1.165, 1.54) is 23.9 Å². The quantitative estimate of drug-likeness (QED) is 0.713. The van der Waals surface area contributed by atoms with Crippen molar-refractivity contribution in [3.05, 3.63) is 57.6 Å². The summed E-state index contributed by atoms with van der Waals surface area (Å²) < 4.78 is 12.8. The molecule has 112 valence electrons. The first-order valence-electron chi connectivity index (χ1n) is 6.59. The van der Waals surface area contributed by atoms with E-state index in [4.69, 9.17) is 0 Å². The van der Waals surface area contributed by atoms with Gasteiger partial charge >= 0.3 is 0 Å². The van der Waals surface area contributed by atoms with E-state index in [0.29, 0.717) is 11.0 Å². The Hall–Kier alpha value is -1.99. The van der Waals surface area contributed by atoms with Crippen LogP contribution in [0.15, 0.2) is 34.8 Å². The Balaban J connectivity index is 1.59. The number of aromatic amines is 1. The standard InChI is InChI=1S/C15H13FN4S2/c1-10-17-13(8-21-10)9-22-15-18-14(19-20-15)7-4-11-2-5-12(16)6-3-11/h2-8H,9H2,1H3,(H,18,19,20). The third-order valence-electron chi connectivity index (χ3n) is 2.80. The highest BCUT2D eigenvalue weighted by atomic mass is 32.2. The molecule has 4 nitrogen and oxygen atoms in total. The minimum Gasteiger partial charge on any atom is -0.259 e. The predicted molar refractivity (Wildman–Crippen MR) is 88.1 cm³/mol. The molecule has 0 bridgehead atoms. The van der Waals surface area contributed by atoms with Gasteiger partial charge in [-0.05, 0) is 30.7 Å². The number of rotatable bonds is 5. The van der Waals surface area contributed by atoms with E-state index in [1.807, 2.05) is 24.5 Å². The van der Waals surface area contributed by atoms with E-state index in [2.05, 4.69) is 20.2 Å². The number of thiazole rings is 1. The molecule has 7 heteroatoms. The number of benzene rings is 1. The first-order chi connectivity index (χ1) is 10.7. The maximum Gasteiger partial charge on any atom is 0.209 e. The summed E-state index contributed by atoms with van der Waals surface area (Å²) in [6.07, 6.45) is 3.68. The van der Waals surface area contributed by atoms with E-state index < -0.39 is 0 Å². The van der Waals surface area contributed by atoms with E-state index in [0.717, 1.165) is 22.0 Å². The molecule has 1 aromatic carbocycles. The molecule has 0 aliphatic carbocycles. The van der Waals surface area contributed by atoms with Gasteiger partial charge in [-0.1, -0.05) is 30.0 Å². The molecule has 0 spiro atoms. The maximum absolute atomic E-state index is 12.8. The summed E-state index contributed by atoms with van der Waals surface area (Å²) in [4.78, 5) is 8.78. The number of halogens is 1. The van der Waals surface area contributed by atoms with Gasteiger partial charge in [-0.15, -0.1) is 16.4 Å². The van der Waals surface area contributed by atoms with Crippen LogP contribution in [-0.4, -0.2) is 20.2 Å². The molecule has 0 amide bonds. The van der Waals surface area contributed by atoms with Crippen LogP contribution >= 0.6 is 23.1 Å². The van der Waals surface area contributed by atoms with Gasteiger partial charge in [0.25, 0.3) is 0 Å². The third-order valence-corrected chi connectivity index (χ3v) is 4.50. The van der Waals surface area contributed by atoms with E-state index in [9.17, 15) is 4.39 Å². The Labute approximate surface area is 135 Å². The second kappa shape index (κ2) is 6.85. The van der Waals surface area contributed by atoms with Crippen LogP contribution < -0.4 is 0 Å². The molecular weight excluding hydrogens is 319 g/mol. The first kappa shape index (κ1) is 14.9. The molecule has 1 N–H and O–H groups in total. The summed E-state index contributed by atoms with van der Waals surface area (Å²) in [5, 5.41) is 10.8. The maximum atomic E-state index is 12.8. The fourth-order valence-corrected chi connectivity index (χ4v) is 3.18. The minimum atomic E-state index is -0.243. The smallest absolute Gasteiger partial charge is 0.209 e. The molecule has 0 fully saturated rings. The Morgan fingerprint density at radius 2 is 2.05 bits per heavy atom. The number of hydrogen-bond donors (Lipinski definition) is 1. The second-order valence-corrected chi connectivity index (χ2v) is 6.54. The summed E-state index contributed by atoms with van der Waals surface area (Å²) in [6, 6.07) is 6.28. The molecule has 3 aromatic rings.